The normalized spacial score (nSPS) is 11.1. The number of nitrogens with zero attached hydrogens (tertiary/aromatic N) is 2. The molecule has 0 amide bonds. The number of anilines is 1. The number of nitrogens with two attached hydrogens (primary N) is 1. The molecular weight excluding hydrogens is 230 g/mol. The Hall–Kier alpha value is -1.54. The largest absolute Gasteiger partial charge is 0.396 e. The lowest BCUT2D eigenvalue weighted by atomic mass is 10.5. The topological polar surface area (TPSA) is 121 Å². The molecule has 0 aliphatic heterocycles. The van der Waals surface area contributed by atoms with Gasteiger partial charge in [-0.3, -0.25) is 9.78 Å². The molecule has 2 aromatic heterocycles. The third-order valence-corrected chi connectivity index (χ3v) is 2.86. The number of aliphatic hydroxyl groups excluding tert-OH is 1. The Bertz CT molecular complexity index is 549. The Balaban J connectivity index is 2.29. The van der Waals surface area contributed by atoms with Crippen molar-refractivity contribution in [1.82, 2.24) is 19.9 Å². The second kappa shape index (κ2) is 4.54. The first-order chi connectivity index (χ1) is 7.70. The monoisotopic (exact) mass is 241 g/mol. The zero-order valence-corrected chi connectivity index (χ0v) is 9.17. The van der Waals surface area contributed by atoms with Crippen molar-refractivity contribution >= 4 is 28.9 Å². The minimum Gasteiger partial charge on any atom is -0.396 e. The Labute approximate surface area is 94.5 Å². The van der Waals surface area contributed by atoms with Crippen LogP contribution in [0.3, 0.4) is 0 Å². The maximum absolute atomic E-state index is 11.4. The van der Waals surface area contributed by atoms with Crippen LogP contribution >= 0.6 is 11.8 Å². The molecule has 86 valence electrons. The van der Waals surface area contributed by atoms with Gasteiger partial charge in [0.05, 0.1) is 0 Å². The summed E-state index contributed by atoms with van der Waals surface area (Å²) in [5.41, 5.74) is 5.70. The minimum absolute atomic E-state index is 0.0518. The van der Waals surface area contributed by atoms with E-state index in [0.29, 0.717) is 22.7 Å². The van der Waals surface area contributed by atoms with Gasteiger partial charge >= 0.3 is 0 Å². The molecular formula is C8H11N5O2S. The molecule has 2 rings (SSSR count). The number of thioether (sulfide) groups is 1. The number of rotatable bonds is 4. The van der Waals surface area contributed by atoms with Crippen LogP contribution in [0.15, 0.2) is 9.95 Å². The van der Waals surface area contributed by atoms with Crippen molar-refractivity contribution < 1.29 is 5.11 Å². The molecule has 0 fully saturated rings. The zero-order chi connectivity index (χ0) is 11.5. The van der Waals surface area contributed by atoms with Crippen LogP contribution in [0.4, 0.5) is 5.95 Å². The van der Waals surface area contributed by atoms with E-state index in [0.717, 1.165) is 5.75 Å². The molecule has 0 saturated heterocycles. The van der Waals surface area contributed by atoms with Crippen molar-refractivity contribution in [1.29, 1.82) is 0 Å². The number of aromatic nitrogens is 4. The molecule has 8 heteroatoms. The lowest BCUT2D eigenvalue weighted by Crippen LogP contribution is -2.10. The van der Waals surface area contributed by atoms with Crippen molar-refractivity contribution in [2.24, 2.45) is 0 Å². The van der Waals surface area contributed by atoms with Crippen LogP contribution in [0.2, 0.25) is 0 Å². The highest BCUT2D eigenvalue weighted by molar-refractivity contribution is 7.99. The molecule has 0 radical (unpaired) electrons. The van der Waals surface area contributed by atoms with E-state index in [9.17, 15) is 4.79 Å². The first-order valence-electron chi connectivity index (χ1n) is 4.70. The maximum atomic E-state index is 11.4. The summed E-state index contributed by atoms with van der Waals surface area (Å²) in [5, 5.41) is 9.24. The fourth-order valence-electron chi connectivity index (χ4n) is 1.20. The molecule has 0 saturated carbocycles. The highest BCUT2D eigenvalue weighted by atomic mass is 32.2. The minimum atomic E-state index is -0.330. The van der Waals surface area contributed by atoms with Gasteiger partial charge in [-0.25, -0.2) is 4.98 Å². The number of H-pyrrole nitrogens is 2. The van der Waals surface area contributed by atoms with Gasteiger partial charge < -0.3 is 15.8 Å². The van der Waals surface area contributed by atoms with E-state index in [1.807, 2.05) is 0 Å². The van der Waals surface area contributed by atoms with Crippen LogP contribution in [0.5, 0.6) is 0 Å². The molecule has 5 N–H and O–H groups in total. The Morgan fingerprint density at radius 1 is 1.38 bits per heavy atom. The summed E-state index contributed by atoms with van der Waals surface area (Å²) in [6, 6.07) is 0. The first kappa shape index (κ1) is 11.0. The lowest BCUT2D eigenvalue weighted by Gasteiger charge is -1.92. The smallest absolute Gasteiger partial charge is 0.278 e. The maximum Gasteiger partial charge on any atom is 0.278 e. The van der Waals surface area contributed by atoms with Gasteiger partial charge in [-0.15, -0.1) is 0 Å². The molecule has 0 unspecified atom stereocenters. The van der Waals surface area contributed by atoms with Crippen LogP contribution in [-0.2, 0) is 0 Å². The van der Waals surface area contributed by atoms with Gasteiger partial charge in [0.1, 0.15) is 0 Å². The number of aromatic amines is 2. The first-order valence-corrected chi connectivity index (χ1v) is 5.68. The summed E-state index contributed by atoms with van der Waals surface area (Å²) in [4.78, 5) is 24.7. The highest BCUT2D eigenvalue weighted by Gasteiger charge is 2.08. The molecule has 0 aliphatic carbocycles. The molecule has 2 aromatic rings. The van der Waals surface area contributed by atoms with E-state index in [1.54, 1.807) is 0 Å². The summed E-state index contributed by atoms with van der Waals surface area (Å²) in [6.45, 7) is 0.138. The third-order valence-electron chi connectivity index (χ3n) is 1.90. The average Bonchev–Trinajstić information content (AvgIpc) is 2.61. The SMILES string of the molecule is Nc1nc2nc(SCCCO)[nH]c2c(=O)[nH]1. The van der Waals surface area contributed by atoms with Gasteiger partial charge in [-0.2, -0.15) is 4.98 Å². The zero-order valence-electron chi connectivity index (χ0n) is 8.36. The van der Waals surface area contributed by atoms with E-state index in [4.69, 9.17) is 10.8 Å². The van der Waals surface area contributed by atoms with Crippen LogP contribution in [0.1, 0.15) is 6.42 Å². The standard InChI is InChI=1S/C8H11N5O2S/c9-7-11-5-4(6(15)13-7)10-8(12-5)16-3-1-2-14/h14H,1-3H2,(H4,9,10,11,12,13,15). The molecule has 0 spiro atoms. The Kier molecular flexibility index (Phi) is 3.11. The molecule has 7 nitrogen and oxygen atoms in total. The molecule has 0 bridgehead atoms. The predicted octanol–water partition coefficient (Wildman–Crippen LogP) is -0.297. The molecule has 0 aliphatic rings. The van der Waals surface area contributed by atoms with Crippen LogP contribution in [0, 0.1) is 0 Å². The van der Waals surface area contributed by atoms with E-state index >= 15 is 0 Å². The van der Waals surface area contributed by atoms with Gasteiger partial charge in [-0.05, 0) is 6.42 Å². The fraction of sp³-hybridized carbons (Fsp3) is 0.375. The molecule has 2 heterocycles. The fourth-order valence-corrected chi connectivity index (χ4v) is 2.00. The van der Waals surface area contributed by atoms with Crippen molar-refractivity contribution in [2.75, 3.05) is 18.1 Å². The van der Waals surface area contributed by atoms with E-state index < -0.39 is 0 Å². The van der Waals surface area contributed by atoms with Gasteiger partial charge in [0.25, 0.3) is 5.56 Å². The number of fused-ring (bicyclic) bond motifs is 1. The van der Waals surface area contributed by atoms with E-state index in [2.05, 4.69) is 19.9 Å². The van der Waals surface area contributed by atoms with Gasteiger partial charge in [0.2, 0.25) is 5.95 Å². The second-order valence-electron chi connectivity index (χ2n) is 3.12. The van der Waals surface area contributed by atoms with Crippen molar-refractivity contribution in [3.63, 3.8) is 0 Å². The average molecular weight is 241 g/mol. The quantitative estimate of drug-likeness (QED) is 0.431. The van der Waals surface area contributed by atoms with Gasteiger partial charge in [-0.1, -0.05) is 11.8 Å². The van der Waals surface area contributed by atoms with Crippen LogP contribution < -0.4 is 11.3 Å². The van der Waals surface area contributed by atoms with Crippen LogP contribution in [-0.4, -0.2) is 37.4 Å². The summed E-state index contributed by atoms with van der Waals surface area (Å²) >= 11 is 1.43. The summed E-state index contributed by atoms with van der Waals surface area (Å²) < 4.78 is 0. The number of nitrogen functional groups attached to an aromatic ring is 1. The Morgan fingerprint density at radius 3 is 2.94 bits per heavy atom. The number of hydrogen-bond acceptors (Lipinski definition) is 6. The van der Waals surface area contributed by atoms with Gasteiger partial charge in [0, 0.05) is 12.4 Å². The predicted molar refractivity (Wildman–Crippen MR) is 61.3 cm³/mol. The number of imidazole rings is 1. The number of hydrogen-bond donors (Lipinski definition) is 4. The Morgan fingerprint density at radius 2 is 2.19 bits per heavy atom. The number of nitrogens with one attached hydrogen (secondary N) is 2. The summed E-state index contributed by atoms with van der Waals surface area (Å²) in [6.07, 6.45) is 0.674. The van der Waals surface area contributed by atoms with Crippen molar-refractivity contribution in [2.45, 2.75) is 11.6 Å². The molecule has 0 atom stereocenters. The number of aliphatic hydroxyl groups is 1. The second-order valence-corrected chi connectivity index (χ2v) is 4.20. The molecule has 0 aromatic carbocycles. The third kappa shape index (κ3) is 2.17. The summed E-state index contributed by atoms with van der Waals surface area (Å²) in [7, 11) is 0. The van der Waals surface area contributed by atoms with Gasteiger partial charge in [0.15, 0.2) is 16.3 Å². The van der Waals surface area contributed by atoms with Crippen molar-refractivity contribution in [3.8, 4) is 0 Å². The summed E-state index contributed by atoms with van der Waals surface area (Å²) in [5.74, 6) is 0.778. The van der Waals surface area contributed by atoms with Crippen molar-refractivity contribution in [3.05, 3.63) is 10.4 Å². The van der Waals surface area contributed by atoms with E-state index in [1.165, 1.54) is 11.8 Å². The highest BCUT2D eigenvalue weighted by Crippen LogP contribution is 2.16. The lowest BCUT2D eigenvalue weighted by molar-refractivity contribution is 0.296. The molecule has 16 heavy (non-hydrogen) atoms. The van der Waals surface area contributed by atoms with Crippen LogP contribution in [0.25, 0.3) is 11.2 Å². The van der Waals surface area contributed by atoms with E-state index in [-0.39, 0.29) is 18.1 Å².